The third-order valence-electron chi connectivity index (χ3n) is 5.66. The van der Waals surface area contributed by atoms with E-state index >= 15 is 0 Å². The molecule has 1 aliphatic rings. The summed E-state index contributed by atoms with van der Waals surface area (Å²) < 4.78 is 5.52. The first-order chi connectivity index (χ1) is 16.1. The molecule has 0 radical (unpaired) electrons. The minimum Gasteiger partial charge on any atom is -0.496 e. The molecule has 0 N–H and O–H groups in total. The Kier molecular flexibility index (Phi) is 7.30. The Balaban J connectivity index is 1.70. The van der Waals surface area contributed by atoms with Crippen molar-refractivity contribution in [3.05, 3.63) is 100 Å². The van der Waals surface area contributed by atoms with E-state index in [9.17, 15) is 9.59 Å². The molecule has 168 valence electrons. The highest BCUT2D eigenvalue weighted by molar-refractivity contribution is 8.03. The van der Waals surface area contributed by atoms with E-state index in [1.807, 2.05) is 78.9 Å². The Morgan fingerprint density at radius 2 is 1.52 bits per heavy atom. The summed E-state index contributed by atoms with van der Waals surface area (Å²) in [5.74, 6) is 0.560. The lowest BCUT2D eigenvalue weighted by molar-refractivity contribution is -0.119. The molecule has 3 aromatic rings. The molecule has 4 nitrogen and oxygen atoms in total. The zero-order valence-electron chi connectivity index (χ0n) is 18.9. The highest BCUT2D eigenvalue weighted by Gasteiger charge is 2.41. The molecule has 0 spiro atoms. The summed E-state index contributed by atoms with van der Waals surface area (Å²) in [6.45, 7) is 2.16. The molecule has 0 atom stereocenters. The fourth-order valence-corrected chi connectivity index (χ4v) is 4.95. The van der Waals surface area contributed by atoms with Crippen LogP contribution in [0.3, 0.4) is 0 Å². The molecule has 4 rings (SSSR count). The average molecular weight is 458 g/mol. The number of aryl methyl sites for hydroxylation is 1. The molecule has 1 aliphatic heterocycles. The highest BCUT2D eigenvalue weighted by Crippen LogP contribution is 2.42. The van der Waals surface area contributed by atoms with Crippen molar-refractivity contribution in [2.45, 2.75) is 31.9 Å². The predicted molar refractivity (Wildman–Crippen MR) is 135 cm³/mol. The summed E-state index contributed by atoms with van der Waals surface area (Å²) in [5, 5.41) is 0. The van der Waals surface area contributed by atoms with E-state index in [0.29, 0.717) is 33.2 Å². The van der Waals surface area contributed by atoms with Crippen LogP contribution in [0.4, 0.5) is 5.69 Å². The number of unbranched alkanes of at least 4 members (excludes halogenated alkanes) is 1. The number of imide groups is 1. The molecule has 0 bridgehead atoms. The first-order valence-corrected chi connectivity index (χ1v) is 12.1. The van der Waals surface area contributed by atoms with Crippen molar-refractivity contribution in [1.82, 2.24) is 0 Å². The quantitative estimate of drug-likeness (QED) is 0.356. The fraction of sp³-hybridized carbons (Fsp3) is 0.214. The third kappa shape index (κ3) is 4.88. The fourth-order valence-electron chi connectivity index (χ4n) is 3.89. The second-order valence-electron chi connectivity index (χ2n) is 7.89. The second kappa shape index (κ2) is 10.5. The Morgan fingerprint density at radius 1 is 0.818 bits per heavy atom. The molecule has 0 aliphatic carbocycles. The van der Waals surface area contributed by atoms with Crippen LogP contribution in [0.2, 0.25) is 0 Å². The molecule has 5 heteroatoms. The van der Waals surface area contributed by atoms with Crippen molar-refractivity contribution in [2.75, 3.05) is 12.0 Å². The number of methoxy groups -OCH3 is 1. The van der Waals surface area contributed by atoms with Crippen molar-refractivity contribution in [2.24, 2.45) is 0 Å². The topological polar surface area (TPSA) is 46.6 Å². The summed E-state index contributed by atoms with van der Waals surface area (Å²) in [6, 6.07) is 25.0. The Bertz CT molecular complexity index is 1170. The number of carbonyl (C=O) groups is 2. The number of rotatable bonds is 9. The van der Waals surface area contributed by atoms with Gasteiger partial charge in [-0.25, -0.2) is 4.90 Å². The van der Waals surface area contributed by atoms with Crippen LogP contribution < -0.4 is 9.64 Å². The van der Waals surface area contributed by atoms with Gasteiger partial charge in [-0.05, 0) is 42.2 Å². The molecule has 0 unspecified atom stereocenters. The maximum atomic E-state index is 13.6. The lowest BCUT2D eigenvalue weighted by Gasteiger charge is -2.16. The second-order valence-corrected chi connectivity index (χ2v) is 8.88. The average Bonchev–Trinajstić information content (AvgIpc) is 3.11. The number of anilines is 1. The molecule has 0 aromatic heterocycles. The first kappa shape index (κ1) is 22.9. The van der Waals surface area contributed by atoms with Gasteiger partial charge in [0.25, 0.3) is 11.8 Å². The number of benzene rings is 3. The summed E-state index contributed by atoms with van der Waals surface area (Å²) in [5.41, 5.74) is 3.92. The van der Waals surface area contributed by atoms with E-state index in [4.69, 9.17) is 4.74 Å². The number of nitrogens with zero attached hydrogens (tertiary/aromatic N) is 1. The largest absolute Gasteiger partial charge is 0.496 e. The van der Waals surface area contributed by atoms with Crippen molar-refractivity contribution >= 4 is 34.8 Å². The molecule has 3 aromatic carbocycles. The SMILES string of the molecule is CCCCc1ccc(N2C(=O)C(SCc3ccccc3)=C(c3ccccc3OC)C2=O)cc1. The minimum absolute atomic E-state index is 0.289. The standard InChI is InChI=1S/C28H27NO3S/c1-3-4-10-20-15-17-22(18-16-20)29-27(30)25(23-13-8-9-14-24(23)32-2)26(28(29)31)33-19-21-11-6-5-7-12-21/h5-9,11-18H,3-4,10,19H2,1-2H3. The van der Waals surface area contributed by atoms with Crippen molar-refractivity contribution in [3.8, 4) is 5.75 Å². The van der Waals surface area contributed by atoms with E-state index in [2.05, 4.69) is 6.92 Å². The summed E-state index contributed by atoms with van der Waals surface area (Å²) in [4.78, 5) is 28.9. The number of ether oxygens (including phenoxy) is 1. The van der Waals surface area contributed by atoms with Crippen LogP contribution in [0.5, 0.6) is 5.75 Å². The smallest absolute Gasteiger partial charge is 0.272 e. The van der Waals surface area contributed by atoms with E-state index in [1.54, 1.807) is 7.11 Å². The maximum Gasteiger partial charge on any atom is 0.272 e. The highest BCUT2D eigenvalue weighted by atomic mass is 32.2. The summed E-state index contributed by atoms with van der Waals surface area (Å²) in [6.07, 6.45) is 3.22. The third-order valence-corrected chi connectivity index (χ3v) is 6.80. The van der Waals surface area contributed by atoms with Gasteiger partial charge in [0.15, 0.2) is 0 Å². The molecular formula is C28H27NO3S. The molecular weight excluding hydrogens is 430 g/mol. The molecule has 0 saturated heterocycles. The lowest BCUT2D eigenvalue weighted by atomic mass is 10.0. The van der Waals surface area contributed by atoms with E-state index in [0.717, 1.165) is 24.8 Å². The zero-order chi connectivity index (χ0) is 23.2. The van der Waals surface area contributed by atoms with Gasteiger partial charge in [0.2, 0.25) is 0 Å². The number of carbonyl (C=O) groups excluding carboxylic acids is 2. The van der Waals surface area contributed by atoms with Crippen LogP contribution in [0.25, 0.3) is 5.57 Å². The van der Waals surface area contributed by atoms with Gasteiger partial charge in [0.1, 0.15) is 5.75 Å². The van der Waals surface area contributed by atoms with Gasteiger partial charge in [-0.2, -0.15) is 0 Å². The minimum atomic E-state index is -0.318. The predicted octanol–water partition coefficient (Wildman–Crippen LogP) is 6.26. The van der Waals surface area contributed by atoms with Crippen LogP contribution in [-0.4, -0.2) is 18.9 Å². The Labute approximate surface area is 199 Å². The van der Waals surface area contributed by atoms with E-state index in [-0.39, 0.29) is 11.8 Å². The van der Waals surface area contributed by atoms with Gasteiger partial charge < -0.3 is 4.74 Å². The van der Waals surface area contributed by atoms with E-state index < -0.39 is 0 Å². The van der Waals surface area contributed by atoms with Crippen molar-refractivity contribution < 1.29 is 14.3 Å². The monoisotopic (exact) mass is 457 g/mol. The van der Waals surface area contributed by atoms with Crippen LogP contribution >= 0.6 is 11.8 Å². The number of hydrogen-bond donors (Lipinski definition) is 0. The number of amides is 2. The van der Waals surface area contributed by atoms with Gasteiger partial charge in [-0.3, -0.25) is 9.59 Å². The lowest BCUT2D eigenvalue weighted by Crippen LogP contribution is -2.31. The van der Waals surface area contributed by atoms with Gasteiger partial charge in [0.05, 0.1) is 23.3 Å². The molecule has 2 amide bonds. The van der Waals surface area contributed by atoms with Gasteiger partial charge >= 0.3 is 0 Å². The molecule has 1 heterocycles. The molecule has 0 saturated carbocycles. The number of thioether (sulfide) groups is 1. The maximum absolute atomic E-state index is 13.6. The molecule has 0 fully saturated rings. The Hall–Kier alpha value is -3.31. The Morgan fingerprint density at radius 3 is 2.21 bits per heavy atom. The van der Waals surface area contributed by atoms with Crippen LogP contribution in [0.15, 0.2) is 83.8 Å². The zero-order valence-corrected chi connectivity index (χ0v) is 19.7. The van der Waals surface area contributed by atoms with Crippen molar-refractivity contribution in [1.29, 1.82) is 0 Å². The first-order valence-electron chi connectivity index (χ1n) is 11.2. The normalized spacial score (nSPS) is 13.7. The summed E-state index contributed by atoms with van der Waals surface area (Å²) in [7, 11) is 1.57. The number of hydrogen-bond acceptors (Lipinski definition) is 4. The van der Waals surface area contributed by atoms with Gasteiger partial charge in [-0.15, -0.1) is 11.8 Å². The van der Waals surface area contributed by atoms with Crippen molar-refractivity contribution in [3.63, 3.8) is 0 Å². The number of para-hydroxylation sites is 1. The van der Waals surface area contributed by atoms with Crippen LogP contribution in [-0.2, 0) is 21.8 Å². The van der Waals surface area contributed by atoms with Crippen LogP contribution in [0, 0.1) is 0 Å². The van der Waals surface area contributed by atoms with Gasteiger partial charge in [0, 0.05) is 11.3 Å². The summed E-state index contributed by atoms with van der Waals surface area (Å²) >= 11 is 1.40. The molecule has 33 heavy (non-hydrogen) atoms. The van der Waals surface area contributed by atoms with Gasteiger partial charge in [-0.1, -0.05) is 74.0 Å². The van der Waals surface area contributed by atoms with E-state index in [1.165, 1.54) is 22.2 Å². The van der Waals surface area contributed by atoms with Crippen LogP contribution in [0.1, 0.15) is 36.5 Å².